The maximum Gasteiger partial charge on any atom is 0.270 e. The van der Waals surface area contributed by atoms with Crippen LogP contribution in [0.2, 0.25) is 0 Å². The zero-order chi connectivity index (χ0) is 19.8. The Kier molecular flexibility index (Phi) is 6.94. The van der Waals surface area contributed by atoms with E-state index in [1.807, 2.05) is 36.4 Å². The lowest BCUT2D eigenvalue weighted by Gasteiger charge is -2.34. The molecule has 28 heavy (non-hydrogen) atoms. The summed E-state index contributed by atoms with van der Waals surface area (Å²) in [5.41, 5.74) is 1.61. The van der Waals surface area contributed by atoms with E-state index < -0.39 is 0 Å². The maximum atomic E-state index is 13.1. The van der Waals surface area contributed by atoms with Crippen molar-refractivity contribution in [3.8, 4) is 0 Å². The highest BCUT2D eigenvalue weighted by Crippen LogP contribution is 2.11. The van der Waals surface area contributed by atoms with E-state index in [-0.39, 0.29) is 24.1 Å². The second-order valence-corrected chi connectivity index (χ2v) is 6.65. The zero-order valence-electron chi connectivity index (χ0n) is 15.8. The van der Waals surface area contributed by atoms with E-state index in [0.717, 1.165) is 5.56 Å². The molecule has 2 amide bonds. The number of benzene rings is 2. The number of nitrogens with one attached hydrogen (secondary N) is 1. The van der Waals surface area contributed by atoms with Gasteiger partial charge in [0.05, 0.1) is 6.61 Å². The third-order valence-corrected chi connectivity index (χ3v) is 4.70. The molecule has 2 N–H and O–H groups in total. The number of hydrogen-bond donors (Lipinski definition) is 2. The molecule has 0 aromatic heterocycles. The molecule has 6 heteroatoms. The van der Waals surface area contributed by atoms with E-state index >= 15 is 0 Å². The summed E-state index contributed by atoms with van der Waals surface area (Å²) in [7, 11) is 0. The van der Waals surface area contributed by atoms with Crippen LogP contribution >= 0.6 is 0 Å². The van der Waals surface area contributed by atoms with E-state index in [2.05, 4.69) is 10.2 Å². The molecule has 1 heterocycles. The normalized spacial score (nSPS) is 15.3. The van der Waals surface area contributed by atoms with Gasteiger partial charge in [-0.2, -0.15) is 0 Å². The van der Waals surface area contributed by atoms with Gasteiger partial charge in [0, 0.05) is 38.3 Å². The first-order valence-electron chi connectivity index (χ1n) is 9.43. The number of amides is 2. The quantitative estimate of drug-likeness (QED) is 0.748. The van der Waals surface area contributed by atoms with Crippen LogP contribution in [0.3, 0.4) is 0 Å². The zero-order valence-corrected chi connectivity index (χ0v) is 15.8. The summed E-state index contributed by atoms with van der Waals surface area (Å²) in [6, 6.07) is 18.3. The summed E-state index contributed by atoms with van der Waals surface area (Å²) in [5.74, 6) is -0.508. The largest absolute Gasteiger partial charge is 0.395 e. The van der Waals surface area contributed by atoms with Gasteiger partial charge in [-0.3, -0.25) is 14.5 Å². The lowest BCUT2D eigenvalue weighted by Crippen LogP contribution is -2.50. The third kappa shape index (κ3) is 5.28. The van der Waals surface area contributed by atoms with Crippen LogP contribution < -0.4 is 5.32 Å². The molecule has 6 nitrogen and oxygen atoms in total. The van der Waals surface area contributed by atoms with Crippen LogP contribution in [0.1, 0.15) is 15.9 Å². The number of β-amino-alcohol motifs (C(OH)–C–C–N with tert-alkyl or cyclic N) is 1. The number of carbonyl (C=O) groups is 2. The second-order valence-electron chi connectivity index (χ2n) is 6.65. The van der Waals surface area contributed by atoms with E-state index in [0.29, 0.717) is 38.3 Å². The number of rotatable bonds is 6. The number of nitrogens with zero attached hydrogens (tertiary/aromatic N) is 2. The van der Waals surface area contributed by atoms with Crippen molar-refractivity contribution in [3.05, 3.63) is 77.5 Å². The van der Waals surface area contributed by atoms with Crippen molar-refractivity contribution in [2.75, 3.05) is 39.3 Å². The van der Waals surface area contributed by atoms with Crippen molar-refractivity contribution in [1.82, 2.24) is 15.1 Å². The predicted molar refractivity (Wildman–Crippen MR) is 108 cm³/mol. The lowest BCUT2D eigenvalue weighted by atomic mass is 10.1. The van der Waals surface area contributed by atoms with Crippen molar-refractivity contribution in [2.45, 2.75) is 0 Å². The lowest BCUT2D eigenvalue weighted by molar-refractivity contribution is -0.129. The van der Waals surface area contributed by atoms with E-state index in [1.165, 1.54) is 0 Å². The third-order valence-electron chi connectivity index (χ3n) is 4.70. The first kappa shape index (κ1) is 19.8. The van der Waals surface area contributed by atoms with Gasteiger partial charge >= 0.3 is 0 Å². The molecule has 2 aromatic carbocycles. The van der Waals surface area contributed by atoms with Gasteiger partial charge < -0.3 is 15.3 Å². The van der Waals surface area contributed by atoms with Crippen molar-refractivity contribution in [3.63, 3.8) is 0 Å². The van der Waals surface area contributed by atoms with Crippen LogP contribution in [0.25, 0.3) is 6.08 Å². The molecule has 146 valence electrons. The minimum atomic E-state index is -0.310. The molecular weight excluding hydrogens is 354 g/mol. The number of aliphatic hydroxyl groups excluding tert-OH is 1. The Morgan fingerprint density at radius 1 is 0.929 bits per heavy atom. The van der Waals surface area contributed by atoms with Crippen molar-refractivity contribution >= 4 is 17.9 Å². The Labute approximate surface area is 165 Å². The van der Waals surface area contributed by atoms with Crippen molar-refractivity contribution in [2.24, 2.45) is 0 Å². The van der Waals surface area contributed by atoms with Crippen LogP contribution in [0.4, 0.5) is 0 Å². The Morgan fingerprint density at radius 2 is 1.54 bits per heavy atom. The molecule has 0 spiro atoms. The molecule has 1 aliphatic heterocycles. The fourth-order valence-electron chi connectivity index (χ4n) is 3.14. The molecule has 0 aliphatic carbocycles. The van der Waals surface area contributed by atoms with Gasteiger partial charge in [-0.15, -0.1) is 0 Å². The Bertz CT molecular complexity index is 813. The summed E-state index contributed by atoms with van der Waals surface area (Å²) >= 11 is 0. The van der Waals surface area contributed by atoms with Gasteiger partial charge in [0.15, 0.2) is 0 Å². The molecular formula is C22H25N3O3. The Morgan fingerprint density at radius 3 is 2.14 bits per heavy atom. The summed E-state index contributed by atoms with van der Waals surface area (Å²) in [5, 5.41) is 11.9. The molecule has 1 saturated heterocycles. The van der Waals surface area contributed by atoms with Gasteiger partial charge in [0.1, 0.15) is 5.70 Å². The van der Waals surface area contributed by atoms with Crippen LogP contribution in [0.15, 0.2) is 66.4 Å². The van der Waals surface area contributed by atoms with Crippen molar-refractivity contribution in [1.29, 1.82) is 0 Å². The molecule has 0 radical (unpaired) electrons. The highest BCUT2D eigenvalue weighted by molar-refractivity contribution is 6.05. The minimum absolute atomic E-state index is 0.111. The highest BCUT2D eigenvalue weighted by Gasteiger charge is 2.24. The van der Waals surface area contributed by atoms with Crippen LogP contribution in [-0.4, -0.2) is 66.1 Å². The van der Waals surface area contributed by atoms with Gasteiger partial charge in [0.25, 0.3) is 11.8 Å². The molecule has 3 rings (SSSR count). The number of aliphatic hydroxyl groups is 1. The molecule has 0 bridgehead atoms. The van der Waals surface area contributed by atoms with E-state index in [9.17, 15) is 9.59 Å². The Balaban J connectivity index is 1.77. The van der Waals surface area contributed by atoms with E-state index in [4.69, 9.17) is 5.11 Å². The van der Waals surface area contributed by atoms with Crippen LogP contribution in [0.5, 0.6) is 0 Å². The first-order valence-corrected chi connectivity index (χ1v) is 9.43. The van der Waals surface area contributed by atoms with Crippen molar-refractivity contribution < 1.29 is 14.7 Å². The number of piperazine rings is 1. The maximum absolute atomic E-state index is 13.1. The summed E-state index contributed by atoms with van der Waals surface area (Å²) in [6.07, 6.45) is 1.71. The first-order chi connectivity index (χ1) is 13.7. The summed E-state index contributed by atoms with van der Waals surface area (Å²) in [6.45, 7) is 3.26. The number of carbonyl (C=O) groups excluding carboxylic acids is 2. The second kappa shape index (κ2) is 9.82. The highest BCUT2D eigenvalue weighted by atomic mass is 16.3. The average molecular weight is 379 g/mol. The number of hydrogen-bond acceptors (Lipinski definition) is 4. The van der Waals surface area contributed by atoms with E-state index in [1.54, 1.807) is 35.2 Å². The van der Waals surface area contributed by atoms with Crippen LogP contribution in [-0.2, 0) is 4.79 Å². The average Bonchev–Trinajstić information content (AvgIpc) is 2.75. The molecule has 0 saturated carbocycles. The van der Waals surface area contributed by atoms with Gasteiger partial charge in [-0.1, -0.05) is 48.5 Å². The monoisotopic (exact) mass is 379 g/mol. The van der Waals surface area contributed by atoms with Gasteiger partial charge in [-0.05, 0) is 23.8 Å². The fourth-order valence-corrected chi connectivity index (χ4v) is 3.14. The molecule has 2 aromatic rings. The molecule has 1 fully saturated rings. The topological polar surface area (TPSA) is 72.9 Å². The summed E-state index contributed by atoms with van der Waals surface area (Å²) < 4.78 is 0. The smallest absolute Gasteiger partial charge is 0.270 e. The SMILES string of the molecule is O=C(N/C(=C\c1ccccc1)C(=O)N1CCN(CCO)CC1)c1ccccc1. The standard InChI is InChI=1S/C22H25N3O3/c26-16-15-24-11-13-25(14-12-24)22(28)20(17-18-7-3-1-4-8-18)23-21(27)19-9-5-2-6-10-19/h1-10,17,26H,11-16H2,(H,23,27)/b20-17-. The Hall–Kier alpha value is -2.96. The summed E-state index contributed by atoms with van der Waals surface area (Å²) in [4.78, 5) is 29.6. The fraction of sp³-hybridized carbons (Fsp3) is 0.273. The molecule has 0 atom stereocenters. The minimum Gasteiger partial charge on any atom is -0.395 e. The predicted octanol–water partition coefficient (Wildman–Crippen LogP) is 1.59. The van der Waals surface area contributed by atoms with Gasteiger partial charge in [0.2, 0.25) is 0 Å². The molecule has 0 unspecified atom stereocenters. The molecule has 1 aliphatic rings. The van der Waals surface area contributed by atoms with Gasteiger partial charge in [-0.25, -0.2) is 0 Å². The van der Waals surface area contributed by atoms with Crippen LogP contribution in [0, 0.1) is 0 Å².